The van der Waals surface area contributed by atoms with Crippen molar-refractivity contribution in [2.24, 2.45) is 0 Å². The van der Waals surface area contributed by atoms with Crippen LogP contribution in [0.25, 0.3) is 0 Å². The maximum absolute atomic E-state index is 11.4. The molecule has 98 valence electrons. The van der Waals surface area contributed by atoms with E-state index in [0.717, 1.165) is 19.4 Å². The second-order valence-corrected chi connectivity index (χ2v) is 5.59. The van der Waals surface area contributed by atoms with Crippen molar-refractivity contribution in [1.82, 2.24) is 4.90 Å². The van der Waals surface area contributed by atoms with Crippen LogP contribution in [0.4, 0.5) is 0 Å². The number of carbonyl (C=O) groups is 1. The first-order valence-corrected chi connectivity index (χ1v) is 7.27. The van der Waals surface area contributed by atoms with Gasteiger partial charge in [-0.25, -0.2) is 0 Å². The quantitative estimate of drug-likeness (QED) is 0.753. The Balaban J connectivity index is 2.04. The van der Waals surface area contributed by atoms with E-state index in [0.29, 0.717) is 6.04 Å². The number of carboxylic acids is 1. The third-order valence-corrected chi connectivity index (χ3v) is 4.37. The molecule has 1 N–H and O–H groups in total. The van der Waals surface area contributed by atoms with E-state index in [4.69, 9.17) is 0 Å². The van der Waals surface area contributed by atoms with Gasteiger partial charge < -0.3 is 5.11 Å². The Morgan fingerprint density at radius 2 is 1.47 bits per heavy atom. The van der Waals surface area contributed by atoms with Crippen LogP contribution in [0.2, 0.25) is 0 Å². The normalized spacial score (nSPS) is 29.5. The second kappa shape index (κ2) is 6.39. The first kappa shape index (κ1) is 12.9. The zero-order valence-corrected chi connectivity index (χ0v) is 10.7. The average Bonchev–Trinajstić information content (AvgIpc) is 2.71. The number of hydrogen-bond acceptors (Lipinski definition) is 2. The van der Waals surface area contributed by atoms with Crippen LogP contribution in [-0.4, -0.2) is 34.6 Å². The Labute approximate surface area is 104 Å². The predicted octanol–water partition coefficient (Wildman–Crippen LogP) is 3.04. The molecule has 0 spiro atoms. The van der Waals surface area contributed by atoms with Crippen molar-refractivity contribution in [2.75, 3.05) is 6.54 Å². The predicted molar refractivity (Wildman–Crippen MR) is 68.1 cm³/mol. The third kappa shape index (κ3) is 3.44. The lowest BCUT2D eigenvalue weighted by molar-refractivity contribution is -0.144. The van der Waals surface area contributed by atoms with Crippen molar-refractivity contribution in [3.8, 4) is 0 Å². The molecule has 2 aliphatic rings. The zero-order valence-electron chi connectivity index (χ0n) is 10.7. The molecule has 0 bridgehead atoms. The number of likely N-dealkylation sites (tertiary alicyclic amines) is 1. The lowest BCUT2D eigenvalue weighted by Crippen LogP contribution is -2.46. The van der Waals surface area contributed by atoms with Crippen LogP contribution in [0.15, 0.2) is 0 Å². The summed E-state index contributed by atoms with van der Waals surface area (Å²) in [6.45, 7) is 1.00. The molecule has 0 amide bonds. The molecule has 1 aliphatic carbocycles. The van der Waals surface area contributed by atoms with Gasteiger partial charge in [-0.2, -0.15) is 0 Å². The first-order valence-electron chi connectivity index (χ1n) is 7.27. The number of carboxylic acid groups (broad SMARTS) is 1. The summed E-state index contributed by atoms with van der Waals surface area (Å²) in [5, 5.41) is 9.39. The lowest BCUT2D eigenvalue weighted by atomic mass is 10.0. The van der Waals surface area contributed by atoms with Crippen LogP contribution in [0.1, 0.15) is 64.2 Å². The van der Waals surface area contributed by atoms with E-state index in [1.54, 1.807) is 0 Å². The molecule has 0 aromatic rings. The van der Waals surface area contributed by atoms with Gasteiger partial charge in [0.05, 0.1) is 0 Å². The highest BCUT2D eigenvalue weighted by molar-refractivity contribution is 5.73. The molecular formula is C14H25NO2. The molecule has 1 atom stereocenters. The number of rotatable bonds is 2. The van der Waals surface area contributed by atoms with E-state index in [1.165, 1.54) is 51.4 Å². The Morgan fingerprint density at radius 1 is 0.882 bits per heavy atom. The molecule has 0 aromatic heterocycles. The smallest absolute Gasteiger partial charge is 0.320 e. The number of hydrogen-bond donors (Lipinski definition) is 1. The molecule has 0 radical (unpaired) electrons. The summed E-state index contributed by atoms with van der Waals surface area (Å²) >= 11 is 0. The number of nitrogens with zero attached hydrogens (tertiary/aromatic N) is 1. The Bertz CT molecular complexity index is 247. The zero-order chi connectivity index (χ0) is 12.1. The molecule has 17 heavy (non-hydrogen) atoms. The summed E-state index contributed by atoms with van der Waals surface area (Å²) in [5.74, 6) is -0.601. The standard InChI is InChI=1S/C14H25NO2/c16-14(17)13-10-6-3-7-11-15(13)12-8-4-1-2-5-9-12/h12-13H,1-11H2,(H,16,17). The Kier molecular flexibility index (Phi) is 4.84. The van der Waals surface area contributed by atoms with Crippen LogP contribution in [-0.2, 0) is 4.79 Å². The molecule has 3 heteroatoms. The molecule has 3 nitrogen and oxygen atoms in total. The molecule has 1 unspecified atom stereocenters. The summed E-state index contributed by atoms with van der Waals surface area (Å²) in [4.78, 5) is 13.7. The van der Waals surface area contributed by atoms with Crippen LogP contribution in [0, 0.1) is 0 Å². The van der Waals surface area contributed by atoms with Crippen molar-refractivity contribution in [3.05, 3.63) is 0 Å². The van der Waals surface area contributed by atoms with E-state index in [9.17, 15) is 9.90 Å². The van der Waals surface area contributed by atoms with Gasteiger partial charge in [0.25, 0.3) is 0 Å². The average molecular weight is 239 g/mol. The molecule has 1 aliphatic heterocycles. The lowest BCUT2D eigenvalue weighted by Gasteiger charge is -2.34. The summed E-state index contributed by atoms with van der Waals surface area (Å²) in [7, 11) is 0. The molecule has 2 rings (SSSR count). The van der Waals surface area contributed by atoms with Gasteiger partial charge in [-0.3, -0.25) is 9.69 Å². The number of aliphatic carboxylic acids is 1. The van der Waals surface area contributed by atoms with E-state index >= 15 is 0 Å². The molecule has 1 saturated carbocycles. The van der Waals surface area contributed by atoms with E-state index in [-0.39, 0.29) is 6.04 Å². The summed E-state index contributed by atoms with van der Waals surface area (Å²) in [5.41, 5.74) is 0. The summed E-state index contributed by atoms with van der Waals surface area (Å²) < 4.78 is 0. The van der Waals surface area contributed by atoms with Gasteiger partial charge in [0, 0.05) is 6.04 Å². The van der Waals surface area contributed by atoms with Gasteiger partial charge in [0.1, 0.15) is 6.04 Å². The Hall–Kier alpha value is -0.570. The fourth-order valence-corrected chi connectivity index (χ4v) is 3.42. The van der Waals surface area contributed by atoms with Crippen molar-refractivity contribution in [1.29, 1.82) is 0 Å². The topological polar surface area (TPSA) is 40.5 Å². The van der Waals surface area contributed by atoms with Crippen molar-refractivity contribution in [2.45, 2.75) is 76.3 Å². The van der Waals surface area contributed by atoms with E-state index in [2.05, 4.69) is 4.90 Å². The highest BCUT2D eigenvalue weighted by atomic mass is 16.4. The minimum Gasteiger partial charge on any atom is -0.480 e. The van der Waals surface area contributed by atoms with Gasteiger partial charge in [-0.05, 0) is 32.2 Å². The van der Waals surface area contributed by atoms with Crippen LogP contribution in [0.5, 0.6) is 0 Å². The Morgan fingerprint density at radius 3 is 2.12 bits per heavy atom. The summed E-state index contributed by atoms with van der Waals surface area (Å²) in [6, 6.07) is 0.331. The van der Waals surface area contributed by atoms with Gasteiger partial charge >= 0.3 is 5.97 Å². The molecular weight excluding hydrogens is 214 g/mol. The third-order valence-electron chi connectivity index (χ3n) is 4.37. The fourth-order valence-electron chi connectivity index (χ4n) is 3.42. The SMILES string of the molecule is O=C(O)C1CCCCCN1C1CCCCCC1. The highest BCUT2D eigenvalue weighted by Gasteiger charge is 2.32. The monoisotopic (exact) mass is 239 g/mol. The van der Waals surface area contributed by atoms with Crippen LogP contribution < -0.4 is 0 Å². The fraction of sp³-hybridized carbons (Fsp3) is 0.929. The minimum atomic E-state index is -0.601. The van der Waals surface area contributed by atoms with Crippen LogP contribution in [0.3, 0.4) is 0 Å². The summed E-state index contributed by atoms with van der Waals surface area (Å²) in [6.07, 6.45) is 12.0. The van der Waals surface area contributed by atoms with Gasteiger partial charge in [0.15, 0.2) is 0 Å². The minimum absolute atomic E-state index is 0.208. The van der Waals surface area contributed by atoms with Crippen LogP contribution >= 0.6 is 0 Å². The van der Waals surface area contributed by atoms with Gasteiger partial charge in [-0.1, -0.05) is 38.5 Å². The van der Waals surface area contributed by atoms with Crippen molar-refractivity contribution in [3.63, 3.8) is 0 Å². The molecule has 2 fully saturated rings. The molecule has 1 heterocycles. The maximum Gasteiger partial charge on any atom is 0.320 e. The van der Waals surface area contributed by atoms with Crippen molar-refractivity contribution < 1.29 is 9.90 Å². The van der Waals surface area contributed by atoms with E-state index in [1.807, 2.05) is 0 Å². The second-order valence-electron chi connectivity index (χ2n) is 5.59. The molecule has 0 aromatic carbocycles. The highest BCUT2D eigenvalue weighted by Crippen LogP contribution is 2.27. The molecule has 1 saturated heterocycles. The van der Waals surface area contributed by atoms with Gasteiger partial charge in [0.2, 0.25) is 0 Å². The largest absolute Gasteiger partial charge is 0.480 e. The van der Waals surface area contributed by atoms with E-state index < -0.39 is 5.97 Å². The van der Waals surface area contributed by atoms with Crippen molar-refractivity contribution >= 4 is 5.97 Å². The van der Waals surface area contributed by atoms with Gasteiger partial charge in [-0.15, -0.1) is 0 Å². The first-order chi connectivity index (χ1) is 8.29. The maximum atomic E-state index is 11.4.